The lowest BCUT2D eigenvalue weighted by Gasteiger charge is -2.35. The zero-order chi connectivity index (χ0) is 27.2. The van der Waals surface area contributed by atoms with Crippen molar-refractivity contribution >= 4 is 56.6 Å². The molecule has 0 saturated carbocycles. The maximum Gasteiger partial charge on any atom is 0.313 e. The zero-order valence-corrected chi connectivity index (χ0v) is 23.1. The molecule has 1 fully saturated rings. The molecule has 1 aliphatic rings. The molecule has 3 amide bonds. The summed E-state index contributed by atoms with van der Waals surface area (Å²) in [5.41, 5.74) is 2.27. The molecular weight excluding hydrogens is 575 g/mol. The Hall–Kier alpha value is -3.43. The lowest BCUT2D eigenvalue weighted by atomic mass is 9.98. The quantitative estimate of drug-likeness (QED) is 0.392. The molecule has 1 unspecified atom stereocenters. The van der Waals surface area contributed by atoms with Gasteiger partial charge in [0, 0.05) is 66.0 Å². The third-order valence-corrected chi connectivity index (χ3v) is 7.53. The van der Waals surface area contributed by atoms with Gasteiger partial charge in [-0.05, 0) is 42.0 Å². The second-order valence-electron chi connectivity index (χ2n) is 8.95. The first-order valence-corrected chi connectivity index (χ1v) is 13.3. The summed E-state index contributed by atoms with van der Waals surface area (Å²) in [6.07, 6.45) is 0.0505. The number of halogens is 3. The maximum atomic E-state index is 14.6. The van der Waals surface area contributed by atoms with Crippen LogP contribution >= 0.6 is 27.5 Å². The number of hydrogen-bond donors (Lipinski definition) is 2. The van der Waals surface area contributed by atoms with Gasteiger partial charge in [-0.25, -0.2) is 4.39 Å². The molecule has 0 radical (unpaired) electrons. The van der Waals surface area contributed by atoms with Crippen molar-refractivity contribution in [1.29, 1.82) is 0 Å². The molecule has 7 nitrogen and oxygen atoms in total. The zero-order valence-electron chi connectivity index (χ0n) is 20.7. The van der Waals surface area contributed by atoms with E-state index in [1.165, 1.54) is 12.1 Å². The second kappa shape index (κ2) is 12.4. The van der Waals surface area contributed by atoms with Crippen LogP contribution in [0.3, 0.4) is 0 Å². The minimum atomic E-state index is -0.862. The Morgan fingerprint density at radius 1 is 0.974 bits per heavy atom. The van der Waals surface area contributed by atoms with E-state index < -0.39 is 23.7 Å². The summed E-state index contributed by atoms with van der Waals surface area (Å²) in [7, 11) is 0. The molecule has 0 bridgehead atoms. The highest BCUT2D eigenvalue weighted by atomic mass is 79.9. The van der Waals surface area contributed by atoms with Gasteiger partial charge in [-0.2, -0.15) is 0 Å². The summed E-state index contributed by atoms with van der Waals surface area (Å²) in [5, 5.41) is 5.63. The van der Waals surface area contributed by atoms with E-state index in [0.717, 1.165) is 5.69 Å². The van der Waals surface area contributed by atoms with Gasteiger partial charge in [0.15, 0.2) is 0 Å². The van der Waals surface area contributed by atoms with Crippen molar-refractivity contribution in [3.05, 3.63) is 93.2 Å². The highest BCUT2D eigenvalue weighted by molar-refractivity contribution is 9.10. The molecule has 4 rings (SSSR count). The van der Waals surface area contributed by atoms with Gasteiger partial charge in [0.1, 0.15) is 5.82 Å². The molecule has 0 aromatic heterocycles. The summed E-state index contributed by atoms with van der Waals surface area (Å²) in [6, 6.07) is 18.1. The Labute approximate surface area is 234 Å². The smallest absolute Gasteiger partial charge is 0.313 e. The summed E-state index contributed by atoms with van der Waals surface area (Å²) >= 11 is 9.72. The van der Waals surface area contributed by atoms with Crippen LogP contribution in [0.4, 0.5) is 15.8 Å². The molecule has 3 aromatic carbocycles. The predicted molar refractivity (Wildman–Crippen MR) is 150 cm³/mol. The molecule has 198 valence electrons. The van der Waals surface area contributed by atoms with Crippen LogP contribution in [-0.2, 0) is 20.8 Å². The first-order chi connectivity index (χ1) is 18.2. The molecule has 2 N–H and O–H groups in total. The fraction of sp³-hybridized carbons (Fsp3) is 0.250. The third-order valence-electron chi connectivity index (χ3n) is 6.46. The lowest BCUT2D eigenvalue weighted by molar-refractivity contribution is -0.136. The van der Waals surface area contributed by atoms with Crippen LogP contribution in [0, 0.1) is 5.82 Å². The number of rotatable bonds is 6. The highest BCUT2D eigenvalue weighted by Gasteiger charge is 2.25. The highest BCUT2D eigenvalue weighted by Crippen LogP contribution is 2.30. The Balaban J connectivity index is 1.47. The number of anilines is 2. The molecule has 1 atom stereocenters. The lowest BCUT2D eigenvalue weighted by Crippen LogP contribution is -2.48. The van der Waals surface area contributed by atoms with E-state index in [-0.39, 0.29) is 22.9 Å². The Morgan fingerprint density at radius 3 is 2.37 bits per heavy atom. The largest absolute Gasteiger partial charge is 0.368 e. The van der Waals surface area contributed by atoms with Crippen LogP contribution in [0.25, 0.3) is 0 Å². The SMILES string of the molecule is CC(=O)N1CCN(c2cccc(NC(=O)C(=O)NC(Cc3c(F)cccc3Cl)c3ccccc3Br)c2)CC1. The van der Waals surface area contributed by atoms with Gasteiger partial charge in [-0.3, -0.25) is 14.4 Å². The predicted octanol–water partition coefficient (Wildman–Crippen LogP) is 4.95. The molecule has 1 aliphatic heterocycles. The molecule has 38 heavy (non-hydrogen) atoms. The topological polar surface area (TPSA) is 81.8 Å². The number of carbonyl (C=O) groups is 3. The number of piperazine rings is 1. The fourth-order valence-electron chi connectivity index (χ4n) is 4.40. The van der Waals surface area contributed by atoms with E-state index in [2.05, 4.69) is 31.5 Å². The molecule has 0 spiro atoms. The van der Waals surface area contributed by atoms with Crippen molar-refractivity contribution in [2.24, 2.45) is 0 Å². The van der Waals surface area contributed by atoms with Gasteiger partial charge in [-0.15, -0.1) is 0 Å². The average molecular weight is 602 g/mol. The van der Waals surface area contributed by atoms with E-state index in [0.29, 0.717) is 41.9 Å². The van der Waals surface area contributed by atoms with Crippen LogP contribution in [0.2, 0.25) is 5.02 Å². The van der Waals surface area contributed by atoms with Crippen molar-refractivity contribution in [3.63, 3.8) is 0 Å². The maximum absolute atomic E-state index is 14.6. The minimum absolute atomic E-state index is 0.0505. The first-order valence-electron chi connectivity index (χ1n) is 12.1. The first kappa shape index (κ1) is 27.6. The Bertz CT molecular complexity index is 1330. The average Bonchev–Trinajstić information content (AvgIpc) is 2.90. The molecule has 0 aliphatic carbocycles. The van der Waals surface area contributed by atoms with Crippen LogP contribution in [-0.4, -0.2) is 48.8 Å². The number of carbonyl (C=O) groups excluding carboxylic acids is 3. The van der Waals surface area contributed by atoms with Crippen molar-refractivity contribution in [1.82, 2.24) is 10.2 Å². The monoisotopic (exact) mass is 600 g/mol. The number of amides is 3. The van der Waals surface area contributed by atoms with Crippen molar-refractivity contribution in [2.45, 2.75) is 19.4 Å². The summed E-state index contributed by atoms with van der Waals surface area (Å²) in [4.78, 5) is 41.4. The van der Waals surface area contributed by atoms with E-state index >= 15 is 0 Å². The fourth-order valence-corrected chi connectivity index (χ4v) is 5.20. The van der Waals surface area contributed by atoms with Gasteiger partial charge in [0.2, 0.25) is 5.91 Å². The molecule has 1 saturated heterocycles. The van der Waals surface area contributed by atoms with Gasteiger partial charge in [0.05, 0.1) is 6.04 Å². The van der Waals surface area contributed by atoms with E-state index in [1.54, 1.807) is 54.3 Å². The summed E-state index contributed by atoms with van der Waals surface area (Å²) < 4.78 is 15.3. The normalized spacial score (nSPS) is 14.1. The number of hydrogen-bond acceptors (Lipinski definition) is 4. The number of benzene rings is 3. The van der Waals surface area contributed by atoms with Gasteiger partial charge >= 0.3 is 11.8 Å². The standard InChI is InChI=1S/C28H27BrClFN4O3/c1-18(36)34-12-14-35(15-13-34)20-7-4-6-19(16-20)32-27(37)28(38)33-26(21-8-2-3-9-23(21)29)17-22-24(30)10-5-11-25(22)31/h2-11,16,26H,12-15,17H2,1H3,(H,32,37)(H,33,38). The molecule has 3 aromatic rings. The minimum Gasteiger partial charge on any atom is -0.368 e. The summed E-state index contributed by atoms with van der Waals surface area (Å²) in [6.45, 7) is 4.14. The molecule has 1 heterocycles. The molecular formula is C28H27BrClFN4O3. The van der Waals surface area contributed by atoms with Gasteiger partial charge < -0.3 is 20.4 Å². The van der Waals surface area contributed by atoms with E-state index in [9.17, 15) is 18.8 Å². The number of nitrogens with zero attached hydrogens (tertiary/aromatic N) is 2. The molecule has 10 heteroatoms. The number of nitrogens with one attached hydrogen (secondary N) is 2. The van der Waals surface area contributed by atoms with Crippen LogP contribution < -0.4 is 15.5 Å². The third kappa shape index (κ3) is 6.71. The van der Waals surface area contributed by atoms with E-state index in [1.807, 2.05) is 12.1 Å². The van der Waals surface area contributed by atoms with Crippen molar-refractivity contribution in [3.8, 4) is 0 Å². The Kier molecular flexibility index (Phi) is 9.01. The van der Waals surface area contributed by atoms with Crippen LogP contribution in [0.15, 0.2) is 71.2 Å². The van der Waals surface area contributed by atoms with Crippen LogP contribution in [0.1, 0.15) is 24.1 Å². The van der Waals surface area contributed by atoms with Crippen LogP contribution in [0.5, 0.6) is 0 Å². The van der Waals surface area contributed by atoms with Crippen molar-refractivity contribution < 1.29 is 18.8 Å². The van der Waals surface area contributed by atoms with E-state index in [4.69, 9.17) is 11.6 Å². The Morgan fingerprint density at radius 2 is 1.68 bits per heavy atom. The van der Waals surface area contributed by atoms with Gasteiger partial charge in [0.25, 0.3) is 0 Å². The summed E-state index contributed by atoms with van der Waals surface area (Å²) in [5.74, 6) is -2.15. The van der Waals surface area contributed by atoms with Crippen molar-refractivity contribution in [2.75, 3.05) is 36.4 Å². The second-order valence-corrected chi connectivity index (χ2v) is 10.2. The van der Waals surface area contributed by atoms with Gasteiger partial charge in [-0.1, -0.05) is 57.9 Å².